The predicted molar refractivity (Wildman–Crippen MR) is 111 cm³/mol. The normalized spacial score (nSPS) is 14.6. The molecule has 0 saturated heterocycles. The van der Waals surface area contributed by atoms with Crippen molar-refractivity contribution in [3.8, 4) is 0 Å². The zero-order chi connectivity index (χ0) is 24.3. The lowest BCUT2D eigenvalue weighted by atomic mass is 10.0. The van der Waals surface area contributed by atoms with E-state index in [1.165, 1.54) is 0 Å². The molecule has 0 aromatic rings. The summed E-state index contributed by atoms with van der Waals surface area (Å²) >= 11 is 3.87. The van der Waals surface area contributed by atoms with Gasteiger partial charge in [0.1, 0.15) is 18.1 Å². The fraction of sp³-hybridized carbons (Fsp3) is 0.647. The number of hydrogen-bond acceptors (Lipinski definition) is 8. The SMILES string of the molecule is CC(C)CC(NC(=O)C(CC(N)=O)NC(=O)C(N)CS)C(=O)NC(CC(=O)O)C(=O)O. The molecule has 4 amide bonds. The second-order valence-electron chi connectivity index (χ2n) is 7.21. The second-order valence-corrected chi connectivity index (χ2v) is 7.57. The summed E-state index contributed by atoms with van der Waals surface area (Å²) in [5.74, 6) is -6.72. The van der Waals surface area contributed by atoms with Crippen molar-refractivity contribution in [1.82, 2.24) is 16.0 Å². The van der Waals surface area contributed by atoms with Gasteiger partial charge in [-0.3, -0.25) is 24.0 Å². The van der Waals surface area contributed by atoms with Crippen LogP contribution in [0.3, 0.4) is 0 Å². The van der Waals surface area contributed by atoms with Gasteiger partial charge >= 0.3 is 11.9 Å². The van der Waals surface area contributed by atoms with E-state index in [0.717, 1.165) is 0 Å². The number of thiol groups is 1. The average Bonchev–Trinajstić information content (AvgIpc) is 2.64. The van der Waals surface area contributed by atoms with Crippen molar-refractivity contribution >= 4 is 48.2 Å². The first-order chi connectivity index (χ1) is 14.3. The van der Waals surface area contributed by atoms with Crippen molar-refractivity contribution in [3.05, 3.63) is 0 Å². The molecule has 0 aliphatic carbocycles. The summed E-state index contributed by atoms with van der Waals surface area (Å²) in [7, 11) is 0. The van der Waals surface area contributed by atoms with Gasteiger partial charge in [0.25, 0.3) is 0 Å². The zero-order valence-electron chi connectivity index (χ0n) is 17.2. The van der Waals surface area contributed by atoms with Crippen molar-refractivity contribution in [2.45, 2.75) is 57.3 Å². The molecule has 0 aliphatic heterocycles. The Hall–Kier alpha value is -2.87. The van der Waals surface area contributed by atoms with E-state index >= 15 is 0 Å². The molecule has 0 aliphatic rings. The van der Waals surface area contributed by atoms with Gasteiger partial charge in [0.2, 0.25) is 23.6 Å². The van der Waals surface area contributed by atoms with Gasteiger partial charge < -0.3 is 37.6 Å². The van der Waals surface area contributed by atoms with E-state index in [-0.39, 0.29) is 18.1 Å². The van der Waals surface area contributed by atoms with Crippen LogP contribution in [-0.4, -0.2) is 75.7 Å². The van der Waals surface area contributed by atoms with Gasteiger partial charge in [-0.15, -0.1) is 0 Å². The Morgan fingerprint density at radius 1 is 0.839 bits per heavy atom. The van der Waals surface area contributed by atoms with Crippen LogP contribution in [0, 0.1) is 5.92 Å². The molecular formula is C17H29N5O8S. The summed E-state index contributed by atoms with van der Waals surface area (Å²) in [6.07, 6.45) is -1.39. The van der Waals surface area contributed by atoms with Crippen LogP contribution in [0.5, 0.6) is 0 Å². The van der Waals surface area contributed by atoms with Crippen LogP contribution in [0.15, 0.2) is 0 Å². The van der Waals surface area contributed by atoms with E-state index in [0.29, 0.717) is 0 Å². The Bertz CT molecular complexity index is 702. The Labute approximate surface area is 184 Å². The van der Waals surface area contributed by atoms with Crippen molar-refractivity contribution < 1.29 is 39.0 Å². The fourth-order valence-electron chi connectivity index (χ4n) is 2.39. The first-order valence-corrected chi connectivity index (χ1v) is 9.92. The molecule has 0 heterocycles. The van der Waals surface area contributed by atoms with E-state index in [4.69, 9.17) is 21.7 Å². The highest BCUT2D eigenvalue weighted by molar-refractivity contribution is 7.80. The molecule has 0 fully saturated rings. The third-order valence-corrected chi connectivity index (χ3v) is 4.30. The smallest absolute Gasteiger partial charge is 0.326 e. The highest BCUT2D eigenvalue weighted by atomic mass is 32.1. The Balaban J connectivity index is 5.51. The lowest BCUT2D eigenvalue weighted by molar-refractivity contribution is -0.147. The molecule has 0 rings (SSSR count). The van der Waals surface area contributed by atoms with E-state index in [9.17, 15) is 28.8 Å². The molecule has 4 unspecified atom stereocenters. The molecule has 0 spiro atoms. The van der Waals surface area contributed by atoms with Crippen molar-refractivity contribution in [2.24, 2.45) is 17.4 Å². The Kier molecular flexibility index (Phi) is 12.2. The monoisotopic (exact) mass is 463 g/mol. The van der Waals surface area contributed by atoms with E-state index in [2.05, 4.69) is 28.6 Å². The third kappa shape index (κ3) is 11.2. The lowest BCUT2D eigenvalue weighted by Gasteiger charge is -2.25. The second kappa shape index (κ2) is 13.4. The predicted octanol–water partition coefficient (Wildman–Crippen LogP) is -2.82. The molecular weight excluding hydrogens is 434 g/mol. The molecule has 0 radical (unpaired) electrons. The fourth-order valence-corrected chi connectivity index (χ4v) is 2.56. The molecule has 0 aromatic heterocycles. The van der Waals surface area contributed by atoms with Crippen LogP contribution >= 0.6 is 12.6 Å². The minimum Gasteiger partial charge on any atom is -0.481 e. The summed E-state index contributed by atoms with van der Waals surface area (Å²) in [6, 6.07) is -5.48. The largest absolute Gasteiger partial charge is 0.481 e. The molecule has 14 heteroatoms. The average molecular weight is 464 g/mol. The van der Waals surface area contributed by atoms with Gasteiger partial charge in [0, 0.05) is 5.75 Å². The minimum absolute atomic E-state index is 0.0325. The van der Waals surface area contributed by atoms with Crippen molar-refractivity contribution in [1.29, 1.82) is 0 Å². The standard InChI is InChI=1S/C17H29N5O8S/c1-7(2)3-9(15(27)22-11(17(29)30)5-13(24)25)21-16(28)10(4-12(19)23)20-14(26)8(18)6-31/h7-11,31H,3-6,18H2,1-2H3,(H2,19,23)(H,20,26)(H,21,28)(H,22,27)(H,24,25)(H,29,30). The summed E-state index contributed by atoms with van der Waals surface area (Å²) < 4.78 is 0. The quantitative estimate of drug-likeness (QED) is 0.124. The maximum atomic E-state index is 12.6. The number of carbonyl (C=O) groups is 6. The summed E-state index contributed by atoms with van der Waals surface area (Å²) in [5.41, 5.74) is 10.6. The molecule has 176 valence electrons. The maximum Gasteiger partial charge on any atom is 0.326 e. The van der Waals surface area contributed by atoms with Crippen LogP contribution in [0.25, 0.3) is 0 Å². The summed E-state index contributed by atoms with van der Waals surface area (Å²) in [5, 5.41) is 24.5. The molecule has 4 atom stereocenters. The Morgan fingerprint density at radius 2 is 1.32 bits per heavy atom. The number of hydrogen-bond donors (Lipinski definition) is 8. The van der Waals surface area contributed by atoms with E-state index in [1.807, 2.05) is 0 Å². The van der Waals surface area contributed by atoms with E-state index in [1.54, 1.807) is 13.8 Å². The number of nitrogens with two attached hydrogens (primary N) is 2. The van der Waals surface area contributed by atoms with Crippen molar-refractivity contribution in [2.75, 3.05) is 5.75 Å². The first kappa shape index (κ1) is 28.1. The van der Waals surface area contributed by atoms with Gasteiger partial charge in [-0.05, 0) is 12.3 Å². The molecule has 0 saturated carbocycles. The maximum absolute atomic E-state index is 12.6. The van der Waals surface area contributed by atoms with Gasteiger partial charge in [-0.1, -0.05) is 13.8 Å². The van der Waals surface area contributed by atoms with Crippen LogP contribution in [0.2, 0.25) is 0 Å². The number of primary amides is 1. The summed E-state index contributed by atoms with van der Waals surface area (Å²) in [6.45, 7) is 3.46. The molecule has 9 N–H and O–H groups in total. The number of nitrogens with one attached hydrogen (secondary N) is 3. The number of rotatable bonds is 14. The minimum atomic E-state index is -1.72. The van der Waals surface area contributed by atoms with Gasteiger partial charge in [0.05, 0.1) is 18.9 Å². The molecule has 13 nitrogen and oxygen atoms in total. The van der Waals surface area contributed by atoms with Gasteiger partial charge in [0.15, 0.2) is 0 Å². The van der Waals surface area contributed by atoms with Crippen LogP contribution in [0.1, 0.15) is 33.1 Å². The van der Waals surface area contributed by atoms with Gasteiger partial charge in [-0.25, -0.2) is 4.79 Å². The number of carboxylic acids is 2. The number of carboxylic acid groups (broad SMARTS) is 2. The number of aliphatic carboxylic acids is 2. The number of amides is 4. The Morgan fingerprint density at radius 3 is 1.74 bits per heavy atom. The first-order valence-electron chi connectivity index (χ1n) is 9.28. The van der Waals surface area contributed by atoms with Crippen LogP contribution < -0.4 is 27.4 Å². The lowest BCUT2D eigenvalue weighted by Crippen LogP contribution is -2.58. The molecule has 31 heavy (non-hydrogen) atoms. The topological polar surface area (TPSA) is 231 Å². The van der Waals surface area contributed by atoms with E-state index < -0.39 is 72.6 Å². The zero-order valence-corrected chi connectivity index (χ0v) is 18.1. The van der Waals surface area contributed by atoms with Gasteiger partial charge in [-0.2, -0.15) is 12.6 Å². The highest BCUT2D eigenvalue weighted by Gasteiger charge is 2.32. The summed E-state index contributed by atoms with van der Waals surface area (Å²) in [4.78, 5) is 70.5. The molecule has 0 bridgehead atoms. The number of carbonyl (C=O) groups excluding carboxylic acids is 4. The van der Waals surface area contributed by atoms with Crippen molar-refractivity contribution in [3.63, 3.8) is 0 Å². The molecule has 0 aromatic carbocycles. The highest BCUT2D eigenvalue weighted by Crippen LogP contribution is 2.07. The van der Waals surface area contributed by atoms with Crippen LogP contribution in [0.4, 0.5) is 0 Å². The van der Waals surface area contributed by atoms with Crippen LogP contribution in [-0.2, 0) is 28.8 Å². The third-order valence-electron chi connectivity index (χ3n) is 3.91.